The van der Waals surface area contributed by atoms with Gasteiger partial charge in [-0.1, -0.05) is 49.4 Å². The van der Waals surface area contributed by atoms with Gasteiger partial charge < -0.3 is 9.73 Å². The maximum absolute atomic E-state index is 9.29. The van der Waals surface area contributed by atoms with Crippen molar-refractivity contribution in [2.45, 2.75) is 19.8 Å². The molecule has 4 nitrogen and oxygen atoms in total. The highest BCUT2D eigenvalue weighted by Crippen LogP contribution is 2.26. The quantitative estimate of drug-likeness (QED) is 0.738. The summed E-state index contributed by atoms with van der Waals surface area (Å²) in [7, 11) is 0. The Kier molecular flexibility index (Phi) is 4.62. The van der Waals surface area contributed by atoms with Gasteiger partial charge >= 0.3 is 0 Å². The molecule has 4 heteroatoms. The van der Waals surface area contributed by atoms with Gasteiger partial charge in [0.1, 0.15) is 6.07 Å². The molecule has 3 aromatic rings. The summed E-state index contributed by atoms with van der Waals surface area (Å²) in [4.78, 5) is 4.28. The molecule has 0 fully saturated rings. The van der Waals surface area contributed by atoms with Crippen LogP contribution in [0.2, 0.25) is 0 Å². The molecule has 1 heterocycles. The van der Waals surface area contributed by atoms with Gasteiger partial charge in [0.15, 0.2) is 0 Å². The highest BCUT2D eigenvalue weighted by molar-refractivity contribution is 5.58. The number of benzene rings is 2. The van der Waals surface area contributed by atoms with Crippen LogP contribution in [-0.4, -0.2) is 11.5 Å². The summed E-state index contributed by atoms with van der Waals surface area (Å²) in [5, 5.41) is 12.5. The molecule has 2 aromatic carbocycles. The van der Waals surface area contributed by atoms with E-state index in [-0.39, 0.29) is 5.69 Å². The minimum absolute atomic E-state index is 0.283. The summed E-state index contributed by atoms with van der Waals surface area (Å²) in [6.45, 7) is 4.92. The van der Waals surface area contributed by atoms with Gasteiger partial charge in [0.25, 0.3) is 0 Å². The van der Waals surface area contributed by atoms with E-state index >= 15 is 0 Å². The number of nitrogens with one attached hydrogen (secondary N) is 1. The van der Waals surface area contributed by atoms with E-state index in [1.807, 2.05) is 42.5 Å². The topological polar surface area (TPSA) is 61.9 Å². The fourth-order valence-corrected chi connectivity index (χ4v) is 2.72. The lowest BCUT2D eigenvalue weighted by Gasteiger charge is -2.15. The van der Waals surface area contributed by atoms with Gasteiger partial charge in [0, 0.05) is 12.1 Å². The zero-order valence-corrected chi connectivity index (χ0v) is 13.8. The highest BCUT2D eigenvalue weighted by atomic mass is 16.4. The fourth-order valence-electron chi connectivity index (χ4n) is 2.72. The van der Waals surface area contributed by atoms with Crippen LogP contribution >= 0.6 is 0 Å². The molecule has 1 N–H and O–H groups in total. The molecule has 0 saturated heterocycles. The smallest absolute Gasteiger partial charge is 0.232 e. The van der Waals surface area contributed by atoms with Crippen LogP contribution in [0.15, 0.2) is 59.0 Å². The van der Waals surface area contributed by atoms with Crippen molar-refractivity contribution in [3.8, 4) is 17.5 Å². The van der Waals surface area contributed by atoms with E-state index in [0.29, 0.717) is 24.2 Å². The first kappa shape index (κ1) is 15.8. The van der Waals surface area contributed by atoms with Crippen LogP contribution in [0, 0.1) is 18.3 Å². The average Bonchev–Trinajstić information content (AvgIpc) is 3.04. The predicted molar refractivity (Wildman–Crippen MR) is 94.7 cm³/mol. The van der Waals surface area contributed by atoms with Crippen molar-refractivity contribution in [2.24, 2.45) is 0 Å². The molecule has 0 aliphatic carbocycles. The molecule has 0 radical (unpaired) electrons. The minimum atomic E-state index is 0.283. The van der Waals surface area contributed by atoms with Crippen LogP contribution in [0.3, 0.4) is 0 Å². The van der Waals surface area contributed by atoms with Crippen LogP contribution < -0.4 is 5.32 Å². The van der Waals surface area contributed by atoms with Gasteiger partial charge in [-0.15, -0.1) is 0 Å². The van der Waals surface area contributed by atoms with Gasteiger partial charge in [-0.3, -0.25) is 0 Å². The second-order valence-electron chi connectivity index (χ2n) is 5.81. The van der Waals surface area contributed by atoms with E-state index in [4.69, 9.17) is 4.42 Å². The first-order chi connectivity index (χ1) is 11.7. The van der Waals surface area contributed by atoms with Crippen LogP contribution in [-0.2, 0) is 0 Å². The Bertz CT molecular complexity index is 862. The Morgan fingerprint density at radius 1 is 1.12 bits per heavy atom. The molecule has 1 atom stereocenters. The van der Waals surface area contributed by atoms with Crippen molar-refractivity contribution in [1.82, 2.24) is 4.98 Å². The lowest BCUT2D eigenvalue weighted by Crippen LogP contribution is -2.11. The molecule has 0 bridgehead atoms. The molecule has 24 heavy (non-hydrogen) atoms. The molecule has 120 valence electrons. The first-order valence-electron chi connectivity index (χ1n) is 7.94. The molecular weight excluding hydrogens is 298 g/mol. The van der Waals surface area contributed by atoms with Crippen molar-refractivity contribution in [2.75, 3.05) is 11.9 Å². The van der Waals surface area contributed by atoms with Crippen LogP contribution in [0.5, 0.6) is 0 Å². The van der Waals surface area contributed by atoms with Crippen molar-refractivity contribution in [3.05, 3.63) is 71.4 Å². The molecule has 1 aromatic heterocycles. The van der Waals surface area contributed by atoms with Gasteiger partial charge in [-0.05, 0) is 36.1 Å². The minimum Gasteiger partial charge on any atom is -0.419 e. The summed E-state index contributed by atoms with van der Waals surface area (Å²) in [5.74, 6) is 1.18. The number of hydrogen-bond donors (Lipinski definition) is 1. The molecule has 0 aliphatic rings. The monoisotopic (exact) mass is 317 g/mol. The van der Waals surface area contributed by atoms with Gasteiger partial charge in [0.05, 0.1) is 0 Å². The molecule has 0 unspecified atom stereocenters. The Balaban J connectivity index is 1.77. The number of aryl methyl sites for hydroxylation is 1. The van der Waals surface area contributed by atoms with E-state index in [9.17, 15) is 5.26 Å². The number of hydrogen-bond acceptors (Lipinski definition) is 4. The number of nitriles is 1. The highest BCUT2D eigenvalue weighted by Gasteiger charge is 2.16. The number of nitrogens with zero attached hydrogens (tertiary/aromatic N) is 2. The second kappa shape index (κ2) is 7.01. The Hall–Kier alpha value is -3.06. The molecule has 0 saturated carbocycles. The largest absolute Gasteiger partial charge is 0.419 e. The van der Waals surface area contributed by atoms with E-state index < -0.39 is 0 Å². The summed E-state index contributed by atoms with van der Waals surface area (Å²) >= 11 is 0. The standard InChI is InChI=1S/C20H19N3O/c1-14-8-6-7-11-17(14)15(2)13-22-20-18(12-21)23-19(24-20)16-9-4-3-5-10-16/h3-11,15,22H,13H2,1-2H3/t15-/m0/s1. The maximum Gasteiger partial charge on any atom is 0.232 e. The zero-order chi connectivity index (χ0) is 16.9. The van der Waals surface area contributed by atoms with E-state index in [2.05, 4.69) is 42.4 Å². The molecule has 0 aliphatic heterocycles. The van der Waals surface area contributed by atoms with Gasteiger partial charge in [0.2, 0.25) is 17.5 Å². The Labute approximate surface area is 141 Å². The molecule has 0 spiro atoms. The lowest BCUT2D eigenvalue weighted by molar-refractivity contribution is 0.581. The number of aromatic nitrogens is 1. The Morgan fingerprint density at radius 2 is 1.83 bits per heavy atom. The third-order valence-corrected chi connectivity index (χ3v) is 4.04. The van der Waals surface area contributed by atoms with Gasteiger partial charge in [-0.2, -0.15) is 10.2 Å². The van der Waals surface area contributed by atoms with E-state index in [1.165, 1.54) is 11.1 Å². The summed E-state index contributed by atoms with van der Waals surface area (Å²) in [5.41, 5.74) is 3.68. The molecule has 0 amide bonds. The maximum atomic E-state index is 9.29. The molecule has 3 rings (SSSR count). The predicted octanol–water partition coefficient (Wildman–Crippen LogP) is 4.74. The molecular formula is C20H19N3O. The fraction of sp³-hybridized carbons (Fsp3) is 0.200. The number of oxazole rings is 1. The van der Waals surface area contributed by atoms with Crippen molar-refractivity contribution in [3.63, 3.8) is 0 Å². The number of rotatable bonds is 5. The second-order valence-corrected chi connectivity index (χ2v) is 5.81. The van der Waals surface area contributed by atoms with Gasteiger partial charge in [-0.25, -0.2) is 0 Å². The third kappa shape index (κ3) is 3.31. The SMILES string of the molecule is Cc1ccccc1[C@@H](C)CNc1oc(-c2ccccc2)nc1C#N. The van der Waals surface area contributed by atoms with E-state index in [1.54, 1.807) is 0 Å². The van der Waals surface area contributed by atoms with Crippen LogP contribution in [0.25, 0.3) is 11.5 Å². The average molecular weight is 317 g/mol. The Morgan fingerprint density at radius 3 is 2.54 bits per heavy atom. The first-order valence-corrected chi connectivity index (χ1v) is 7.94. The van der Waals surface area contributed by atoms with Crippen LogP contribution in [0.4, 0.5) is 5.88 Å². The summed E-state index contributed by atoms with van der Waals surface area (Å²) in [6, 6.07) is 20.0. The van der Waals surface area contributed by atoms with E-state index in [0.717, 1.165) is 5.56 Å². The van der Waals surface area contributed by atoms with Crippen molar-refractivity contribution >= 4 is 5.88 Å². The van der Waals surface area contributed by atoms with Crippen LogP contribution in [0.1, 0.15) is 29.7 Å². The zero-order valence-electron chi connectivity index (χ0n) is 13.8. The normalized spacial score (nSPS) is 11.7. The summed E-state index contributed by atoms with van der Waals surface area (Å²) in [6.07, 6.45) is 0. The summed E-state index contributed by atoms with van der Waals surface area (Å²) < 4.78 is 5.76. The van der Waals surface area contributed by atoms with Crippen molar-refractivity contribution < 1.29 is 4.42 Å². The number of anilines is 1. The third-order valence-electron chi connectivity index (χ3n) is 4.04. The van der Waals surface area contributed by atoms with Crippen molar-refractivity contribution in [1.29, 1.82) is 5.26 Å². The lowest BCUT2D eigenvalue weighted by atomic mass is 9.96.